The number of benzene rings is 2. The minimum Gasteiger partial charge on any atom is -0.487 e. The van der Waals surface area contributed by atoms with Crippen LogP contribution in [0.3, 0.4) is 0 Å². The number of carboxylic acid groups (broad SMARTS) is 1. The number of aryl methyl sites for hydroxylation is 1. The second kappa shape index (κ2) is 7.00. The number of rotatable bonds is 4. The number of carbonyl (C=O) groups is 1. The second-order valence-electron chi connectivity index (χ2n) is 6.46. The molecule has 0 saturated carbocycles. The molecule has 1 aliphatic carbocycles. The van der Waals surface area contributed by atoms with Crippen molar-refractivity contribution >= 4 is 22.4 Å². The highest BCUT2D eigenvalue weighted by Gasteiger charge is 2.16. The Bertz CT molecular complexity index is 1010. The fraction of sp³-hybridized carbons (Fsp3) is 0.182. The Kier molecular flexibility index (Phi) is 4.40. The molecule has 0 fully saturated rings. The van der Waals surface area contributed by atoms with Crippen LogP contribution in [0.25, 0.3) is 16.5 Å². The molecule has 0 spiro atoms. The average molecular weight is 345 g/mol. The van der Waals surface area contributed by atoms with Crippen molar-refractivity contribution in [2.75, 3.05) is 0 Å². The van der Waals surface area contributed by atoms with Gasteiger partial charge in [0.1, 0.15) is 12.4 Å². The summed E-state index contributed by atoms with van der Waals surface area (Å²) < 4.78 is 5.93. The predicted octanol–water partition coefficient (Wildman–Crippen LogP) is 4.62. The third-order valence-corrected chi connectivity index (χ3v) is 4.66. The lowest BCUT2D eigenvalue weighted by molar-refractivity contribution is -0.131. The highest BCUT2D eigenvalue weighted by Crippen LogP contribution is 2.33. The van der Waals surface area contributed by atoms with E-state index in [1.54, 1.807) is 0 Å². The van der Waals surface area contributed by atoms with Gasteiger partial charge in [-0.2, -0.15) is 0 Å². The molecule has 0 saturated heterocycles. The number of carboxylic acids is 1. The lowest BCUT2D eigenvalue weighted by Crippen LogP contribution is -2.05. The van der Waals surface area contributed by atoms with Gasteiger partial charge in [0, 0.05) is 11.5 Å². The summed E-state index contributed by atoms with van der Waals surface area (Å²) in [6.45, 7) is 0.404. The standard InChI is InChI=1S/C22H19NO3/c24-22(25)13-17-6-3-5-16-12-19(10-11-20(16)17)26-14-18-9-8-15-4-1-2-7-21(15)23-18/h1-2,4,7-13H,3,5-6,14H2,(H,24,25)/b17-13+. The molecule has 0 radical (unpaired) electrons. The Labute approximate surface area is 151 Å². The number of pyridine rings is 1. The summed E-state index contributed by atoms with van der Waals surface area (Å²) in [5, 5.41) is 10.1. The number of allylic oxidation sites excluding steroid dienone is 1. The van der Waals surface area contributed by atoms with E-state index in [1.165, 1.54) is 6.08 Å². The minimum atomic E-state index is -0.893. The zero-order valence-electron chi connectivity index (χ0n) is 14.3. The lowest BCUT2D eigenvalue weighted by atomic mass is 9.87. The monoisotopic (exact) mass is 345 g/mol. The summed E-state index contributed by atoms with van der Waals surface area (Å²) in [4.78, 5) is 15.6. The van der Waals surface area contributed by atoms with E-state index in [0.717, 1.165) is 58.3 Å². The average Bonchev–Trinajstić information content (AvgIpc) is 2.66. The molecule has 0 aliphatic heterocycles. The van der Waals surface area contributed by atoms with Crippen molar-refractivity contribution in [1.29, 1.82) is 0 Å². The molecule has 0 atom stereocenters. The summed E-state index contributed by atoms with van der Waals surface area (Å²) in [7, 11) is 0. The number of hydrogen-bond donors (Lipinski definition) is 1. The van der Waals surface area contributed by atoms with E-state index in [4.69, 9.17) is 9.84 Å². The summed E-state index contributed by atoms with van der Waals surface area (Å²) in [6.07, 6.45) is 4.03. The first kappa shape index (κ1) is 16.3. The molecule has 1 N–H and O–H groups in total. The van der Waals surface area contributed by atoms with Gasteiger partial charge >= 0.3 is 5.97 Å². The summed E-state index contributed by atoms with van der Waals surface area (Å²) in [5.41, 5.74) is 4.90. The van der Waals surface area contributed by atoms with Crippen molar-refractivity contribution in [2.24, 2.45) is 0 Å². The quantitative estimate of drug-likeness (QED) is 0.701. The molecule has 1 heterocycles. The maximum atomic E-state index is 11.0. The number of aliphatic carboxylic acids is 1. The van der Waals surface area contributed by atoms with Crippen molar-refractivity contribution < 1.29 is 14.6 Å². The van der Waals surface area contributed by atoms with Crippen molar-refractivity contribution in [3.63, 3.8) is 0 Å². The van der Waals surface area contributed by atoms with E-state index >= 15 is 0 Å². The fourth-order valence-corrected chi connectivity index (χ4v) is 3.43. The maximum absolute atomic E-state index is 11.0. The van der Waals surface area contributed by atoms with Crippen LogP contribution in [0.2, 0.25) is 0 Å². The normalized spacial score (nSPS) is 15.0. The van der Waals surface area contributed by atoms with Crippen LogP contribution in [0.5, 0.6) is 5.75 Å². The van der Waals surface area contributed by atoms with Crippen LogP contribution in [-0.2, 0) is 17.8 Å². The van der Waals surface area contributed by atoms with Crippen LogP contribution >= 0.6 is 0 Å². The Morgan fingerprint density at radius 1 is 1.12 bits per heavy atom. The third kappa shape index (κ3) is 3.45. The molecular weight excluding hydrogens is 326 g/mol. The summed E-state index contributed by atoms with van der Waals surface area (Å²) in [6, 6.07) is 17.9. The van der Waals surface area contributed by atoms with Crippen molar-refractivity contribution in [2.45, 2.75) is 25.9 Å². The first-order valence-corrected chi connectivity index (χ1v) is 8.73. The Balaban J connectivity index is 1.52. The number of ether oxygens (including phenoxy) is 1. The molecule has 2 aromatic carbocycles. The van der Waals surface area contributed by atoms with Crippen LogP contribution in [0.15, 0.2) is 60.7 Å². The minimum absolute atomic E-state index is 0.404. The zero-order valence-corrected chi connectivity index (χ0v) is 14.3. The molecule has 3 aromatic rings. The van der Waals surface area contributed by atoms with Gasteiger partial charge in [0.05, 0.1) is 11.2 Å². The van der Waals surface area contributed by atoms with Gasteiger partial charge in [-0.15, -0.1) is 0 Å². The zero-order chi connectivity index (χ0) is 17.9. The van der Waals surface area contributed by atoms with Crippen molar-refractivity contribution in [3.8, 4) is 5.75 Å². The predicted molar refractivity (Wildman–Crippen MR) is 101 cm³/mol. The van der Waals surface area contributed by atoms with Crippen molar-refractivity contribution in [3.05, 3.63) is 77.5 Å². The molecule has 0 bridgehead atoms. The SMILES string of the molecule is O=C(O)/C=C1\CCCc2cc(OCc3ccc4ccccc4n3)ccc21. The number of aromatic nitrogens is 1. The van der Waals surface area contributed by atoms with Gasteiger partial charge in [-0.3, -0.25) is 0 Å². The number of nitrogens with zero attached hydrogens (tertiary/aromatic N) is 1. The van der Waals surface area contributed by atoms with Gasteiger partial charge in [-0.25, -0.2) is 9.78 Å². The van der Waals surface area contributed by atoms with Gasteiger partial charge in [0.15, 0.2) is 0 Å². The molecule has 4 rings (SSSR count). The lowest BCUT2D eigenvalue weighted by Gasteiger charge is -2.19. The summed E-state index contributed by atoms with van der Waals surface area (Å²) >= 11 is 0. The third-order valence-electron chi connectivity index (χ3n) is 4.66. The van der Waals surface area contributed by atoms with Crippen LogP contribution in [0.4, 0.5) is 0 Å². The Morgan fingerprint density at radius 2 is 2.00 bits per heavy atom. The largest absolute Gasteiger partial charge is 0.487 e. The smallest absolute Gasteiger partial charge is 0.328 e. The van der Waals surface area contributed by atoms with Crippen LogP contribution in [0.1, 0.15) is 29.7 Å². The molecule has 0 amide bonds. The van der Waals surface area contributed by atoms with E-state index in [9.17, 15) is 4.79 Å². The van der Waals surface area contributed by atoms with Crippen LogP contribution in [0, 0.1) is 0 Å². The number of para-hydroxylation sites is 1. The molecule has 26 heavy (non-hydrogen) atoms. The molecule has 0 unspecified atom stereocenters. The van der Waals surface area contributed by atoms with E-state index < -0.39 is 5.97 Å². The van der Waals surface area contributed by atoms with E-state index in [2.05, 4.69) is 11.1 Å². The summed E-state index contributed by atoms with van der Waals surface area (Å²) in [5.74, 6) is -0.106. The topological polar surface area (TPSA) is 59.4 Å². The maximum Gasteiger partial charge on any atom is 0.328 e. The molecule has 130 valence electrons. The highest BCUT2D eigenvalue weighted by atomic mass is 16.5. The van der Waals surface area contributed by atoms with Crippen LogP contribution in [-0.4, -0.2) is 16.1 Å². The van der Waals surface area contributed by atoms with E-state index in [-0.39, 0.29) is 0 Å². The van der Waals surface area contributed by atoms with Gasteiger partial charge in [-0.1, -0.05) is 30.3 Å². The molecule has 4 heteroatoms. The van der Waals surface area contributed by atoms with E-state index in [0.29, 0.717) is 6.61 Å². The van der Waals surface area contributed by atoms with Gasteiger partial charge < -0.3 is 9.84 Å². The van der Waals surface area contributed by atoms with Gasteiger partial charge in [0.2, 0.25) is 0 Å². The molecule has 1 aromatic heterocycles. The number of hydrogen-bond acceptors (Lipinski definition) is 3. The number of fused-ring (bicyclic) bond motifs is 2. The van der Waals surface area contributed by atoms with Crippen molar-refractivity contribution in [1.82, 2.24) is 4.98 Å². The molecule has 1 aliphatic rings. The van der Waals surface area contributed by atoms with Gasteiger partial charge in [0.25, 0.3) is 0 Å². The second-order valence-corrected chi connectivity index (χ2v) is 6.46. The van der Waals surface area contributed by atoms with Gasteiger partial charge in [-0.05, 0) is 60.2 Å². The molecule has 4 nitrogen and oxygen atoms in total. The Morgan fingerprint density at radius 3 is 2.88 bits per heavy atom. The van der Waals surface area contributed by atoms with Crippen LogP contribution < -0.4 is 4.74 Å². The first-order valence-electron chi connectivity index (χ1n) is 8.73. The van der Waals surface area contributed by atoms with E-state index in [1.807, 2.05) is 48.5 Å². The Hall–Kier alpha value is -3.14. The molecular formula is C22H19NO3. The highest BCUT2D eigenvalue weighted by molar-refractivity contribution is 5.91. The first-order chi connectivity index (χ1) is 12.7. The fourth-order valence-electron chi connectivity index (χ4n) is 3.43.